The van der Waals surface area contributed by atoms with Crippen molar-refractivity contribution >= 4 is 33.7 Å². The average molecular weight is 453 g/mol. The molecule has 0 atom stereocenters. The van der Waals surface area contributed by atoms with E-state index >= 15 is 0 Å². The van der Waals surface area contributed by atoms with E-state index in [1.165, 1.54) is 0 Å². The summed E-state index contributed by atoms with van der Waals surface area (Å²) in [5.41, 5.74) is 13.2. The van der Waals surface area contributed by atoms with Crippen LogP contribution in [0.25, 0.3) is 0 Å². The third kappa shape index (κ3) is 6.56. The highest BCUT2D eigenvalue weighted by Crippen LogP contribution is 2.36. The Hall–Kier alpha value is -2.55. The number of hydrogen-bond donors (Lipinski definition) is 3. The molecule has 28 heavy (non-hydrogen) atoms. The van der Waals surface area contributed by atoms with Crippen molar-refractivity contribution in [3.05, 3.63) is 33.9 Å². The van der Waals surface area contributed by atoms with Gasteiger partial charge in [-0.15, -0.1) is 0 Å². The minimum atomic E-state index is -0.753. The van der Waals surface area contributed by atoms with Gasteiger partial charge in [-0.3, -0.25) is 4.79 Å². The van der Waals surface area contributed by atoms with E-state index in [0.29, 0.717) is 36.8 Å². The summed E-state index contributed by atoms with van der Waals surface area (Å²) in [5, 5.41) is 8.64. The summed E-state index contributed by atoms with van der Waals surface area (Å²) >= 11 is 3.51. The monoisotopic (exact) mass is 452 g/mol. The van der Waals surface area contributed by atoms with Crippen LogP contribution in [0.5, 0.6) is 11.5 Å². The third-order valence-corrected chi connectivity index (χ3v) is 4.92. The molecule has 8 nitrogen and oxygen atoms in total. The fourth-order valence-corrected chi connectivity index (χ4v) is 3.19. The molecule has 0 radical (unpaired) electrons. The molecule has 2 rings (SSSR count). The van der Waals surface area contributed by atoms with Crippen LogP contribution in [0.4, 0.5) is 11.8 Å². The summed E-state index contributed by atoms with van der Waals surface area (Å²) in [6.45, 7) is 0.533. The van der Waals surface area contributed by atoms with Crippen molar-refractivity contribution in [2.24, 2.45) is 0 Å². The van der Waals surface area contributed by atoms with Gasteiger partial charge in [-0.2, -0.15) is 4.98 Å². The van der Waals surface area contributed by atoms with Crippen molar-refractivity contribution in [3.63, 3.8) is 0 Å². The highest BCUT2D eigenvalue weighted by molar-refractivity contribution is 9.10. The molecule has 1 aromatic heterocycles. The zero-order valence-corrected chi connectivity index (χ0v) is 17.4. The standard InChI is InChI=1S/C19H25BrN4O4/c1-27-14-9-12(8-13-11-23-19(22)24-18(13)21)10-15(17(14)20)28-7-5-3-2-4-6-16(25)26/h9-11H,2-8H2,1H3,(H,25,26)(H4,21,22,23,24). The Morgan fingerprint density at radius 3 is 2.57 bits per heavy atom. The van der Waals surface area contributed by atoms with Crippen LogP contribution in [0, 0.1) is 0 Å². The maximum Gasteiger partial charge on any atom is 0.303 e. The summed E-state index contributed by atoms with van der Waals surface area (Å²) in [6.07, 6.45) is 5.66. The molecular weight excluding hydrogens is 428 g/mol. The summed E-state index contributed by atoms with van der Waals surface area (Å²) in [5.74, 6) is 1.06. The largest absolute Gasteiger partial charge is 0.495 e. The second kappa shape index (κ2) is 10.7. The van der Waals surface area contributed by atoms with Crippen LogP contribution in [0.2, 0.25) is 0 Å². The second-order valence-electron chi connectivity index (χ2n) is 6.33. The number of nitrogens with two attached hydrogens (primary N) is 2. The highest BCUT2D eigenvalue weighted by atomic mass is 79.9. The van der Waals surface area contributed by atoms with E-state index in [4.69, 9.17) is 26.0 Å². The molecule has 152 valence electrons. The lowest BCUT2D eigenvalue weighted by molar-refractivity contribution is -0.137. The number of aliphatic carboxylic acids is 1. The molecule has 0 aliphatic rings. The first kappa shape index (κ1) is 21.7. The minimum Gasteiger partial charge on any atom is -0.495 e. The molecule has 0 spiro atoms. The third-order valence-electron chi connectivity index (χ3n) is 4.14. The van der Waals surface area contributed by atoms with Crippen molar-refractivity contribution in [2.75, 3.05) is 25.2 Å². The van der Waals surface area contributed by atoms with Gasteiger partial charge in [0.25, 0.3) is 0 Å². The van der Waals surface area contributed by atoms with Gasteiger partial charge in [-0.25, -0.2) is 4.98 Å². The summed E-state index contributed by atoms with van der Waals surface area (Å²) in [4.78, 5) is 18.5. The zero-order valence-electron chi connectivity index (χ0n) is 15.8. The van der Waals surface area contributed by atoms with Gasteiger partial charge in [0.1, 0.15) is 21.8 Å². The molecular formula is C19H25BrN4O4. The lowest BCUT2D eigenvalue weighted by atomic mass is 10.1. The molecule has 1 aromatic carbocycles. The molecule has 0 fully saturated rings. The van der Waals surface area contributed by atoms with E-state index in [1.807, 2.05) is 12.1 Å². The van der Waals surface area contributed by atoms with Crippen LogP contribution in [-0.2, 0) is 11.2 Å². The summed E-state index contributed by atoms with van der Waals surface area (Å²) < 4.78 is 12.1. The van der Waals surface area contributed by atoms with Crippen LogP contribution < -0.4 is 20.9 Å². The molecule has 0 unspecified atom stereocenters. The van der Waals surface area contributed by atoms with Gasteiger partial charge in [0, 0.05) is 24.6 Å². The molecule has 1 heterocycles. The maximum absolute atomic E-state index is 10.5. The Bertz CT molecular complexity index is 817. The number of aromatic nitrogens is 2. The van der Waals surface area contributed by atoms with Crippen LogP contribution in [0.15, 0.2) is 22.8 Å². The Kier molecular flexibility index (Phi) is 8.31. The molecule has 0 bridgehead atoms. The Balaban J connectivity index is 1.99. The predicted molar refractivity (Wildman–Crippen MR) is 111 cm³/mol. The van der Waals surface area contributed by atoms with Gasteiger partial charge >= 0.3 is 5.97 Å². The van der Waals surface area contributed by atoms with Crippen molar-refractivity contribution in [2.45, 2.75) is 38.5 Å². The number of benzene rings is 1. The number of halogens is 1. The number of hydrogen-bond acceptors (Lipinski definition) is 7. The lowest BCUT2D eigenvalue weighted by Crippen LogP contribution is -2.05. The number of carboxylic acids is 1. The molecule has 0 saturated carbocycles. The van der Waals surface area contributed by atoms with Crippen LogP contribution >= 0.6 is 15.9 Å². The van der Waals surface area contributed by atoms with Gasteiger partial charge in [-0.05, 0) is 46.5 Å². The topological polar surface area (TPSA) is 134 Å². The molecule has 0 amide bonds. The normalized spacial score (nSPS) is 10.6. The highest BCUT2D eigenvalue weighted by Gasteiger charge is 2.13. The molecule has 0 saturated heterocycles. The summed E-state index contributed by atoms with van der Waals surface area (Å²) in [6, 6.07) is 3.82. The fraction of sp³-hybridized carbons (Fsp3) is 0.421. The van der Waals surface area contributed by atoms with Gasteiger partial charge in [0.15, 0.2) is 0 Å². The smallest absolute Gasteiger partial charge is 0.303 e. The van der Waals surface area contributed by atoms with Gasteiger partial charge < -0.3 is 26.0 Å². The lowest BCUT2D eigenvalue weighted by Gasteiger charge is -2.14. The Morgan fingerprint density at radius 1 is 1.18 bits per heavy atom. The first-order valence-electron chi connectivity index (χ1n) is 8.98. The quantitative estimate of drug-likeness (QED) is 0.441. The minimum absolute atomic E-state index is 0.141. The Morgan fingerprint density at radius 2 is 1.89 bits per heavy atom. The predicted octanol–water partition coefficient (Wildman–Crippen LogP) is 3.42. The number of rotatable bonds is 11. The second-order valence-corrected chi connectivity index (χ2v) is 7.13. The number of carbonyl (C=O) groups is 1. The van der Waals surface area contributed by atoms with Crippen LogP contribution in [-0.4, -0.2) is 34.8 Å². The maximum atomic E-state index is 10.5. The van der Waals surface area contributed by atoms with Gasteiger partial charge in [-0.1, -0.05) is 12.8 Å². The number of nitrogen functional groups attached to an aromatic ring is 2. The average Bonchev–Trinajstić information content (AvgIpc) is 2.65. The van der Waals surface area contributed by atoms with Crippen LogP contribution in [0.1, 0.15) is 43.2 Å². The summed E-state index contributed by atoms with van der Waals surface area (Å²) in [7, 11) is 1.59. The van der Waals surface area contributed by atoms with Gasteiger partial charge in [0.05, 0.1) is 13.7 Å². The van der Waals surface area contributed by atoms with Crippen molar-refractivity contribution in [1.82, 2.24) is 9.97 Å². The van der Waals surface area contributed by atoms with Crippen molar-refractivity contribution in [3.8, 4) is 11.5 Å². The van der Waals surface area contributed by atoms with Crippen molar-refractivity contribution in [1.29, 1.82) is 0 Å². The van der Waals surface area contributed by atoms with E-state index in [-0.39, 0.29) is 12.4 Å². The molecule has 2 aromatic rings. The number of anilines is 2. The van der Waals surface area contributed by atoms with Gasteiger partial charge in [0.2, 0.25) is 5.95 Å². The number of unbranched alkanes of at least 4 members (excludes halogenated alkanes) is 3. The molecule has 5 N–H and O–H groups in total. The molecule has 0 aliphatic carbocycles. The SMILES string of the molecule is COc1cc(Cc2cnc(N)nc2N)cc(OCCCCCCC(=O)O)c1Br. The first-order valence-corrected chi connectivity index (χ1v) is 9.78. The van der Waals surface area contributed by atoms with Crippen LogP contribution in [0.3, 0.4) is 0 Å². The van der Waals surface area contributed by atoms with E-state index < -0.39 is 5.97 Å². The number of nitrogens with zero attached hydrogens (tertiary/aromatic N) is 2. The van der Waals surface area contributed by atoms with E-state index in [2.05, 4.69) is 25.9 Å². The van der Waals surface area contributed by atoms with Crippen molar-refractivity contribution < 1.29 is 19.4 Å². The van der Waals surface area contributed by atoms with E-state index in [9.17, 15) is 4.79 Å². The molecule has 0 aliphatic heterocycles. The Labute approximate surface area is 172 Å². The van der Waals surface area contributed by atoms with E-state index in [0.717, 1.165) is 34.9 Å². The number of ether oxygens (including phenoxy) is 2. The fourth-order valence-electron chi connectivity index (χ4n) is 2.69. The zero-order chi connectivity index (χ0) is 20.5. The number of carboxylic acid groups (broad SMARTS) is 1. The number of methoxy groups -OCH3 is 1. The van der Waals surface area contributed by atoms with E-state index in [1.54, 1.807) is 13.3 Å². The first-order chi connectivity index (χ1) is 13.4. The molecule has 9 heteroatoms.